The molecule has 1 aromatic rings. The van der Waals surface area contributed by atoms with Crippen molar-refractivity contribution in [3.8, 4) is 0 Å². The molecule has 100 valence electrons. The lowest BCUT2D eigenvalue weighted by molar-refractivity contribution is 0.195. The molecule has 2 rings (SSSR count). The highest BCUT2D eigenvalue weighted by atomic mass is 16.3. The highest BCUT2D eigenvalue weighted by Crippen LogP contribution is 2.38. The molecule has 1 aliphatic rings. The number of hydrogen-bond acceptors (Lipinski definition) is 2. The lowest BCUT2D eigenvalue weighted by Crippen LogP contribution is -2.37. The Morgan fingerprint density at radius 3 is 2.28 bits per heavy atom. The largest absolute Gasteiger partial charge is 0.393 e. The van der Waals surface area contributed by atoms with Gasteiger partial charge in [0.05, 0.1) is 6.10 Å². The highest BCUT2D eigenvalue weighted by Gasteiger charge is 2.32. The van der Waals surface area contributed by atoms with E-state index in [1.807, 2.05) is 6.92 Å². The molecule has 3 N–H and O–H groups in total. The summed E-state index contributed by atoms with van der Waals surface area (Å²) in [4.78, 5) is 0. The summed E-state index contributed by atoms with van der Waals surface area (Å²) in [6.45, 7) is 2.58. The lowest BCUT2D eigenvalue weighted by Gasteiger charge is -2.37. The average Bonchev–Trinajstić information content (AvgIpc) is 2.39. The Morgan fingerprint density at radius 1 is 1.17 bits per heavy atom. The van der Waals surface area contributed by atoms with Gasteiger partial charge in [-0.15, -0.1) is 0 Å². The van der Waals surface area contributed by atoms with Crippen molar-refractivity contribution in [3.05, 3.63) is 35.4 Å². The van der Waals surface area contributed by atoms with Gasteiger partial charge in [0.1, 0.15) is 0 Å². The van der Waals surface area contributed by atoms with E-state index in [-0.39, 0.29) is 11.5 Å². The van der Waals surface area contributed by atoms with Gasteiger partial charge in [0.15, 0.2) is 0 Å². The van der Waals surface area contributed by atoms with Gasteiger partial charge in [0.2, 0.25) is 0 Å². The molecule has 0 radical (unpaired) electrons. The Labute approximate surface area is 110 Å². The van der Waals surface area contributed by atoms with Crippen LogP contribution in [0.4, 0.5) is 0 Å². The predicted molar refractivity (Wildman–Crippen MR) is 75.6 cm³/mol. The summed E-state index contributed by atoms with van der Waals surface area (Å²) < 4.78 is 0. The summed E-state index contributed by atoms with van der Waals surface area (Å²) in [6.07, 6.45) is 6.85. The Bertz CT molecular complexity index is 363. The second-order valence-corrected chi connectivity index (χ2v) is 5.80. The molecule has 1 aromatic carbocycles. The Balaban J connectivity index is 2.16. The third-order valence-electron chi connectivity index (χ3n) is 4.30. The average molecular weight is 247 g/mol. The molecule has 0 saturated heterocycles. The maximum atomic E-state index is 9.40. The fourth-order valence-electron chi connectivity index (χ4n) is 3.17. The minimum atomic E-state index is -0.269. The highest BCUT2D eigenvalue weighted by molar-refractivity contribution is 5.30. The third-order valence-corrected chi connectivity index (χ3v) is 4.30. The molecule has 0 spiro atoms. The van der Waals surface area contributed by atoms with Crippen LogP contribution >= 0.6 is 0 Å². The number of aliphatic hydroxyl groups is 1. The molecular weight excluding hydrogens is 222 g/mol. The van der Waals surface area contributed by atoms with Gasteiger partial charge in [-0.25, -0.2) is 0 Å². The Kier molecular flexibility index (Phi) is 4.41. The zero-order valence-corrected chi connectivity index (χ0v) is 11.4. The number of nitrogens with two attached hydrogens (primary N) is 1. The van der Waals surface area contributed by atoms with E-state index in [0.717, 1.165) is 13.0 Å². The molecule has 0 amide bonds. The zero-order chi connectivity index (χ0) is 13.0. The number of hydrogen-bond donors (Lipinski definition) is 2. The zero-order valence-electron chi connectivity index (χ0n) is 11.4. The quantitative estimate of drug-likeness (QED) is 0.859. The van der Waals surface area contributed by atoms with Crippen molar-refractivity contribution in [2.24, 2.45) is 5.73 Å². The SMILES string of the molecule is CC(O)Cc1ccc(C2(CN)CCCCC2)cc1. The lowest BCUT2D eigenvalue weighted by atomic mass is 9.69. The van der Waals surface area contributed by atoms with E-state index >= 15 is 0 Å². The molecule has 1 saturated carbocycles. The van der Waals surface area contributed by atoms with Gasteiger partial charge in [0, 0.05) is 12.0 Å². The van der Waals surface area contributed by atoms with Crippen molar-refractivity contribution in [1.82, 2.24) is 0 Å². The standard InChI is InChI=1S/C16H25NO/c1-13(18)11-14-5-7-15(8-6-14)16(12-17)9-3-2-4-10-16/h5-8,13,18H,2-4,9-12,17H2,1H3. The van der Waals surface area contributed by atoms with Gasteiger partial charge in [0.25, 0.3) is 0 Å². The second kappa shape index (κ2) is 5.85. The van der Waals surface area contributed by atoms with Gasteiger partial charge in [-0.1, -0.05) is 43.5 Å². The monoisotopic (exact) mass is 247 g/mol. The van der Waals surface area contributed by atoms with Crippen LogP contribution in [0, 0.1) is 0 Å². The van der Waals surface area contributed by atoms with E-state index in [2.05, 4.69) is 24.3 Å². The number of benzene rings is 1. The van der Waals surface area contributed by atoms with Crippen LogP contribution in [-0.2, 0) is 11.8 Å². The maximum absolute atomic E-state index is 9.40. The molecule has 1 unspecified atom stereocenters. The molecule has 18 heavy (non-hydrogen) atoms. The molecule has 2 heteroatoms. The van der Waals surface area contributed by atoms with Gasteiger partial charge >= 0.3 is 0 Å². The van der Waals surface area contributed by atoms with Crippen molar-refractivity contribution in [2.45, 2.75) is 57.0 Å². The fraction of sp³-hybridized carbons (Fsp3) is 0.625. The Hall–Kier alpha value is -0.860. The van der Waals surface area contributed by atoms with Crippen LogP contribution in [0.15, 0.2) is 24.3 Å². The van der Waals surface area contributed by atoms with Gasteiger partial charge in [-0.05, 0) is 37.3 Å². The molecule has 2 nitrogen and oxygen atoms in total. The van der Waals surface area contributed by atoms with Crippen molar-refractivity contribution >= 4 is 0 Å². The molecular formula is C16H25NO. The first-order valence-corrected chi connectivity index (χ1v) is 7.14. The molecule has 0 bridgehead atoms. The van der Waals surface area contributed by atoms with Crippen LogP contribution in [0.2, 0.25) is 0 Å². The van der Waals surface area contributed by atoms with Crippen molar-refractivity contribution in [3.63, 3.8) is 0 Å². The first kappa shape index (κ1) is 13.6. The van der Waals surface area contributed by atoms with E-state index < -0.39 is 0 Å². The topological polar surface area (TPSA) is 46.2 Å². The van der Waals surface area contributed by atoms with E-state index in [9.17, 15) is 5.11 Å². The third kappa shape index (κ3) is 2.93. The molecule has 0 aromatic heterocycles. The van der Waals surface area contributed by atoms with Crippen LogP contribution in [0.25, 0.3) is 0 Å². The van der Waals surface area contributed by atoms with Gasteiger partial charge in [-0.3, -0.25) is 0 Å². The first-order chi connectivity index (χ1) is 8.66. The summed E-state index contributed by atoms with van der Waals surface area (Å²) in [6, 6.07) is 8.73. The van der Waals surface area contributed by atoms with Crippen LogP contribution in [-0.4, -0.2) is 17.8 Å². The summed E-state index contributed by atoms with van der Waals surface area (Å²) in [5.41, 5.74) is 8.85. The van der Waals surface area contributed by atoms with Crippen molar-refractivity contribution < 1.29 is 5.11 Å². The van der Waals surface area contributed by atoms with Crippen LogP contribution in [0.5, 0.6) is 0 Å². The summed E-state index contributed by atoms with van der Waals surface area (Å²) in [5.74, 6) is 0. The molecule has 0 heterocycles. The van der Waals surface area contributed by atoms with E-state index in [1.165, 1.54) is 43.2 Å². The second-order valence-electron chi connectivity index (χ2n) is 5.80. The minimum Gasteiger partial charge on any atom is -0.393 e. The van der Waals surface area contributed by atoms with Crippen molar-refractivity contribution in [2.75, 3.05) is 6.54 Å². The summed E-state index contributed by atoms with van der Waals surface area (Å²) in [5, 5.41) is 9.40. The summed E-state index contributed by atoms with van der Waals surface area (Å²) >= 11 is 0. The minimum absolute atomic E-state index is 0.210. The van der Waals surface area contributed by atoms with Gasteiger partial charge in [-0.2, -0.15) is 0 Å². The molecule has 1 aliphatic carbocycles. The number of rotatable bonds is 4. The van der Waals surface area contributed by atoms with Crippen LogP contribution < -0.4 is 5.73 Å². The Morgan fingerprint density at radius 2 is 1.78 bits per heavy atom. The molecule has 0 aliphatic heterocycles. The van der Waals surface area contributed by atoms with E-state index in [1.54, 1.807) is 0 Å². The fourth-order valence-corrected chi connectivity index (χ4v) is 3.17. The smallest absolute Gasteiger partial charge is 0.0552 e. The van der Waals surface area contributed by atoms with Crippen molar-refractivity contribution in [1.29, 1.82) is 0 Å². The number of aliphatic hydroxyl groups excluding tert-OH is 1. The molecule has 1 fully saturated rings. The maximum Gasteiger partial charge on any atom is 0.0552 e. The van der Waals surface area contributed by atoms with E-state index in [4.69, 9.17) is 5.73 Å². The normalized spacial score (nSPS) is 20.6. The van der Waals surface area contributed by atoms with Crippen LogP contribution in [0.1, 0.15) is 50.2 Å². The van der Waals surface area contributed by atoms with Gasteiger partial charge < -0.3 is 10.8 Å². The first-order valence-electron chi connectivity index (χ1n) is 7.14. The predicted octanol–water partition coefficient (Wildman–Crippen LogP) is 2.77. The summed E-state index contributed by atoms with van der Waals surface area (Å²) in [7, 11) is 0. The van der Waals surface area contributed by atoms with E-state index in [0.29, 0.717) is 0 Å². The molecule has 1 atom stereocenters. The van der Waals surface area contributed by atoms with Crippen LogP contribution in [0.3, 0.4) is 0 Å².